The first-order valence-electron chi connectivity index (χ1n) is 6.33. The lowest BCUT2D eigenvalue weighted by Gasteiger charge is -2.22. The van der Waals surface area contributed by atoms with Crippen molar-refractivity contribution in [3.05, 3.63) is 28.8 Å². The maximum Gasteiger partial charge on any atom is 0.138 e. The maximum atomic E-state index is 9.87. The van der Waals surface area contributed by atoms with Crippen LogP contribution in [0.4, 0.5) is 0 Å². The number of hydrogen-bond acceptors (Lipinski definition) is 3. The summed E-state index contributed by atoms with van der Waals surface area (Å²) in [5.74, 6) is 0.616. The van der Waals surface area contributed by atoms with Gasteiger partial charge in [-0.1, -0.05) is 31.5 Å². The fourth-order valence-corrected chi connectivity index (χ4v) is 1.63. The molecule has 0 saturated heterocycles. The first-order valence-corrected chi connectivity index (χ1v) is 6.70. The number of benzene rings is 1. The average molecular weight is 272 g/mol. The lowest BCUT2D eigenvalue weighted by atomic mass is 10.1. The zero-order valence-corrected chi connectivity index (χ0v) is 12.0. The number of aliphatic hydroxyl groups is 1. The van der Waals surface area contributed by atoms with E-state index in [1.54, 1.807) is 6.92 Å². The van der Waals surface area contributed by atoms with Gasteiger partial charge in [0.25, 0.3) is 0 Å². The summed E-state index contributed by atoms with van der Waals surface area (Å²) in [5.41, 5.74) is 0.308. The van der Waals surface area contributed by atoms with Crippen molar-refractivity contribution in [2.24, 2.45) is 0 Å². The van der Waals surface area contributed by atoms with Crippen molar-refractivity contribution in [3.8, 4) is 5.75 Å². The topological polar surface area (TPSA) is 41.5 Å². The Morgan fingerprint density at radius 2 is 2.11 bits per heavy atom. The molecule has 1 aromatic carbocycles. The Morgan fingerprint density at radius 1 is 1.39 bits per heavy atom. The normalized spacial score (nSPS) is 14.3. The lowest BCUT2D eigenvalue weighted by molar-refractivity contribution is 0.00850. The highest BCUT2D eigenvalue weighted by molar-refractivity contribution is 6.32. The first kappa shape index (κ1) is 15.3. The fraction of sp³-hybridized carbons (Fsp3) is 0.571. The molecule has 0 amide bonds. The van der Waals surface area contributed by atoms with E-state index >= 15 is 0 Å². The second kappa shape index (κ2) is 6.98. The molecule has 0 aliphatic rings. The predicted molar refractivity (Wildman–Crippen MR) is 75.2 cm³/mol. The van der Waals surface area contributed by atoms with E-state index in [4.69, 9.17) is 16.3 Å². The Morgan fingerprint density at radius 3 is 2.67 bits per heavy atom. The van der Waals surface area contributed by atoms with Crippen molar-refractivity contribution in [2.45, 2.75) is 39.3 Å². The summed E-state index contributed by atoms with van der Waals surface area (Å²) in [7, 11) is 0. The van der Waals surface area contributed by atoms with E-state index in [1.807, 2.05) is 25.1 Å². The molecule has 0 aromatic heterocycles. The van der Waals surface area contributed by atoms with Crippen molar-refractivity contribution in [1.82, 2.24) is 5.32 Å². The summed E-state index contributed by atoms with van der Waals surface area (Å²) < 4.78 is 5.55. The third-order valence-corrected chi connectivity index (χ3v) is 3.17. The molecule has 0 bridgehead atoms. The van der Waals surface area contributed by atoms with Crippen LogP contribution in [0.15, 0.2) is 18.2 Å². The van der Waals surface area contributed by atoms with Gasteiger partial charge in [0, 0.05) is 6.54 Å². The molecule has 18 heavy (non-hydrogen) atoms. The van der Waals surface area contributed by atoms with Crippen molar-refractivity contribution < 1.29 is 9.84 Å². The van der Waals surface area contributed by atoms with Crippen molar-refractivity contribution in [1.29, 1.82) is 0 Å². The lowest BCUT2D eigenvalue weighted by Crippen LogP contribution is -2.31. The molecule has 0 aliphatic heterocycles. The Hall–Kier alpha value is -0.770. The predicted octanol–water partition coefficient (Wildman–Crippen LogP) is 2.99. The van der Waals surface area contributed by atoms with Crippen molar-refractivity contribution >= 4 is 11.6 Å². The molecular formula is C14H22ClNO2. The summed E-state index contributed by atoms with van der Waals surface area (Å²) in [6, 6.07) is 5.71. The smallest absolute Gasteiger partial charge is 0.138 e. The van der Waals surface area contributed by atoms with E-state index < -0.39 is 5.60 Å². The molecule has 0 fully saturated rings. The van der Waals surface area contributed by atoms with Crippen LogP contribution in [0.1, 0.15) is 32.8 Å². The number of rotatable bonds is 7. The van der Waals surface area contributed by atoms with E-state index in [2.05, 4.69) is 12.2 Å². The van der Waals surface area contributed by atoms with Gasteiger partial charge in [-0.05, 0) is 37.6 Å². The number of ether oxygens (including phenoxy) is 1. The number of halogens is 1. The molecule has 0 saturated carbocycles. The van der Waals surface area contributed by atoms with Crippen molar-refractivity contribution in [3.63, 3.8) is 0 Å². The highest BCUT2D eigenvalue weighted by Crippen LogP contribution is 2.26. The van der Waals surface area contributed by atoms with Gasteiger partial charge in [-0.25, -0.2) is 0 Å². The van der Waals surface area contributed by atoms with Gasteiger partial charge >= 0.3 is 0 Å². The van der Waals surface area contributed by atoms with E-state index in [0.717, 1.165) is 18.7 Å². The van der Waals surface area contributed by atoms with Crippen LogP contribution in [0.2, 0.25) is 5.02 Å². The highest BCUT2D eigenvalue weighted by Gasteiger charge is 2.19. The number of nitrogens with one attached hydrogen (secondary N) is 1. The van der Waals surface area contributed by atoms with E-state index in [-0.39, 0.29) is 6.61 Å². The zero-order valence-electron chi connectivity index (χ0n) is 11.3. The highest BCUT2D eigenvalue weighted by atomic mass is 35.5. The molecular weight excluding hydrogens is 250 g/mol. The molecule has 0 aliphatic carbocycles. The van der Waals surface area contributed by atoms with Gasteiger partial charge in [0.15, 0.2) is 0 Å². The van der Waals surface area contributed by atoms with Crippen LogP contribution in [0, 0.1) is 0 Å². The molecule has 102 valence electrons. The van der Waals surface area contributed by atoms with Crippen LogP contribution >= 0.6 is 11.6 Å². The molecule has 2 N–H and O–H groups in total. The van der Waals surface area contributed by atoms with E-state index in [0.29, 0.717) is 17.2 Å². The van der Waals surface area contributed by atoms with Crippen LogP contribution in [-0.4, -0.2) is 23.9 Å². The van der Waals surface area contributed by atoms with E-state index in [1.165, 1.54) is 0 Å². The SMILES string of the molecule is CCNCc1ccc(OCC(C)(O)CC)c(Cl)c1. The molecule has 1 unspecified atom stereocenters. The van der Waals surface area contributed by atoms with Crippen LogP contribution in [0.3, 0.4) is 0 Å². The fourth-order valence-electron chi connectivity index (χ4n) is 1.38. The van der Waals surface area contributed by atoms with Gasteiger partial charge in [-0.2, -0.15) is 0 Å². The van der Waals surface area contributed by atoms with Crippen LogP contribution in [0.25, 0.3) is 0 Å². The van der Waals surface area contributed by atoms with Gasteiger partial charge in [-0.3, -0.25) is 0 Å². The summed E-state index contributed by atoms with van der Waals surface area (Å²) in [4.78, 5) is 0. The summed E-state index contributed by atoms with van der Waals surface area (Å²) in [6.07, 6.45) is 0.642. The molecule has 0 spiro atoms. The van der Waals surface area contributed by atoms with Gasteiger partial charge in [-0.15, -0.1) is 0 Å². The van der Waals surface area contributed by atoms with Crippen LogP contribution < -0.4 is 10.1 Å². The second-order valence-electron chi connectivity index (χ2n) is 4.68. The Kier molecular flexibility index (Phi) is 5.93. The standard InChI is InChI=1S/C14H22ClNO2/c1-4-14(3,17)10-18-13-7-6-11(8-12(13)15)9-16-5-2/h6-8,16-17H,4-5,9-10H2,1-3H3. The first-order chi connectivity index (χ1) is 8.48. The largest absolute Gasteiger partial charge is 0.489 e. The molecule has 4 heteroatoms. The van der Waals surface area contributed by atoms with E-state index in [9.17, 15) is 5.11 Å². The van der Waals surface area contributed by atoms with Crippen LogP contribution in [-0.2, 0) is 6.54 Å². The van der Waals surface area contributed by atoms with Gasteiger partial charge in [0.1, 0.15) is 12.4 Å². The van der Waals surface area contributed by atoms with Crippen molar-refractivity contribution in [2.75, 3.05) is 13.2 Å². The third-order valence-electron chi connectivity index (χ3n) is 2.88. The summed E-state index contributed by atoms with van der Waals surface area (Å²) >= 11 is 6.15. The van der Waals surface area contributed by atoms with Gasteiger partial charge < -0.3 is 15.2 Å². The average Bonchev–Trinajstić information content (AvgIpc) is 2.35. The zero-order chi connectivity index (χ0) is 13.6. The summed E-state index contributed by atoms with van der Waals surface area (Å²) in [6.45, 7) is 7.70. The number of hydrogen-bond donors (Lipinski definition) is 2. The maximum absolute atomic E-state index is 9.87. The molecule has 3 nitrogen and oxygen atoms in total. The molecule has 0 radical (unpaired) electrons. The minimum atomic E-state index is -0.814. The molecule has 1 rings (SSSR count). The monoisotopic (exact) mass is 271 g/mol. The molecule has 1 aromatic rings. The Labute approximate surface area is 114 Å². The Balaban J connectivity index is 2.62. The third kappa shape index (κ3) is 4.84. The molecule has 0 heterocycles. The van der Waals surface area contributed by atoms with Gasteiger partial charge in [0.2, 0.25) is 0 Å². The molecule has 1 atom stereocenters. The minimum Gasteiger partial charge on any atom is -0.489 e. The van der Waals surface area contributed by atoms with Crippen LogP contribution in [0.5, 0.6) is 5.75 Å². The quantitative estimate of drug-likeness (QED) is 0.801. The van der Waals surface area contributed by atoms with Gasteiger partial charge in [0.05, 0.1) is 10.6 Å². The Bertz CT molecular complexity index is 380. The summed E-state index contributed by atoms with van der Waals surface area (Å²) in [5, 5.41) is 13.7. The second-order valence-corrected chi connectivity index (χ2v) is 5.09. The minimum absolute atomic E-state index is 0.246.